The van der Waals surface area contributed by atoms with E-state index < -0.39 is 0 Å². The lowest BCUT2D eigenvalue weighted by Gasteiger charge is -2.49. The molecule has 0 aromatic heterocycles. The largest absolute Gasteiger partial charge is 0.369 e. The smallest absolute Gasteiger partial charge is 0.0724 e. The number of hydrogen-bond acceptors (Lipinski definition) is 1. The van der Waals surface area contributed by atoms with Crippen LogP contribution in [-0.2, 0) is 4.74 Å². The van der Waals surface area contributed by atoms with Gasteiger partial charge in [0.1, 0.15) is 0 Å². The minimum absolute atomic E-state index is 0.126. The first kappa shape index (κ1) is 11.1. The second-order valence-corrected chi connectivity index (χ2v) is 7.33. The first-order valence-corrected chi connectivity index (χ1v) is 7.10. The minimum Gasteiger partial charge on any atom is -0.369 e. The highest BCUT2D eigenvalue weighted by molar-refractivity contribution is 5.13. The molecule has 1 saturated heterocycles. The van der Waals surface area contributed by atoms with Gasteiger partial charge in [-0.25, -0.2) is 0 Å². The predicted molar refractivity (Wildman–Crippen MR) is 66.4 cm³/mol. The molecule has 1 aliphatic heterocycles. The molecule has 0 aromatic rings. The van der Waals surface area contributed by atoms with E-state index in [1.54, 1.807) is 0 Å². The first-order valence-electron chi connectivity index (χ1n) is 7.10. The van der Waals surface area contributed by atoms with Crippen molar-refractivity contribution in [3.63, 3.8) is 0 Å². The van der Waals surface area contributed by atoms with Crippen molar-refractivity contribution in [3.8, 4) is 0 Å². The van der Waals surface area contributed by atoms with Crippen molar-refractivity contribution >= 4 is 0 Å². The number of ether oxygens (including phenoxy) is 1. The summed E-state index contributed by atoms with van der Waals surface area (Å²) in [5, 5.41) is 0. The normalized spacial score (nSPS) is 54.8. The molecule has 0 aromatic carbocycles. The molecular formula is C15H26O. The zero-order valence-corrected chi connectivity index (χ0v) is 11.3. The van der Waals surface area contributed by atoms with E-state index >= 15 is 0 Å². The Morgan fingerprint density at radius 3 is 2.44 bits per heavy atom. The van der Waals surface area contributed by atoms with Crippen LogP contribution in [0.4, 0.5) is 0 Å². The Morgan fingerprint density at radius 2 is 1.81 bits per heavy atom. The fourth-order valence-corrected chi connectivity index (χ4v) is 5.28. The molecule has 4 atom stereocenters. The highest BCUT2D eigenvalue weighted by Crippen LogP contribution is 2.65. The van der Waals surface area contributed by atoms with Crippen LogP contribution in [0.5, 0.6) is 0 Å². The van der Waals surface area contributed by atoms with E-state index in [0.717, 1.165) is 11.8 Å². The van der Waals surface area contributed by atoms with Crippen LogP contribution in [-0.4, -0.2) is 11.2 Å². The summed E-state index contributed by atoms with van der Waals surface area (Å²) in [6.07, 6.45) is 8.37. The average Bonchev–Trinajstić information content (AvgIpc) is 2.61. The molecule has 1 heteroatoms. The maximum atomic E-state index is 6.57. The van der Waals surface area contributed by atoms with Gasteiger partial charge in [0, 0.05) is 5.41 Å². The number of hydrogen-bond donors (Lipinski definition) is 0. The van der Waals surface area contributed by atoms with Crippen LogP contribution in [0.25, 0.3) is 0 Å². The number of fused-ring (bicyclic) bond motifs is 3. The highest BCUT2D eigenvalue weighted by atomic mass is 16.5. The van der Waals surface area contributed by atoms with Crippen molar-refractivity contribution < 1.29 is 4.74 Å². The monoisotopic (exact) mass is 222 g/mol. The molecule has 1 heterocycles. The molecule has 2 bridgehead atoms. The van der Waals surface area contributed by atoms with Gasteiger partial charge < -0.3 is 4.74 Å². The Balaban J connectivity index is 1.99. The van der Waals surface area contributed by atoms with Gasteiger partial charge in [0.05, 0.1) is 11.2 Å². The van der Waals surface area contributed by atoms with Crippen molar-refractivity contribution in [3.05, 3.63) is 0 Å². The Hall–Kier alpha value is -0.0400. The van der Waals surface area contributed by atoms with E-state index in [0.29, 0.717) is 5.41 Å². The highest BCUT2D eigenvalue weighted by Gasteiger charge is 2.64. The predicted octanol–water partition coefficient (Wildman–Crippen LogP) is 4.16. The van der Waals surface area contributed by atoms with E-state index in [1.165, 1.54) is 38.5 Å². The quantitative estimate of drug-likeness (QED) is 0.598. The molecule has 1 nitrogen and oxygen atoms in total. The lowest BCUT2D eigenvalue weighted by atomic mass is 9.57. The fraction of sp³-hybridized carbons (Fsp3) is 1.00. The third-order valence-electron chi connectivity index (χ3n) is 6.30. The topological polar surface area (TPSA) is 9.23 Å². The Morgan fingerprint density at radius 1 is 1.06 bits per heavy atom. The molecule has 4 unspecified atom stereocenters. The molecule has 0 radical (unpaired) electrons. The molecule has 3 rings (SSSR count). The van der Waals surface area contributed by atoms with Crippen molar-refractivity contribution in [2.24, 2.45) is 17.3 Å². The third kappa shape index (κ3) is 1.16. The molecule has 2 aliphatic carbocycles. The van der Waals surface area contributed by atoms with Crippen LogP contribution in [0.1, 0.15) is 66.2 Å². The second kappa shape index (κ2) is 3.04. The molecule has 92 valence electrons. The van der Waals surface area contributed by atoms with Gasteiger partial charge in [0.25, 0.3) is 0 Å². The van der Waals surface area contributed by atoms with Gasteiger partial charge in [-0.05, 0) is 58.3 Å². The summed E-state index contributed by atoms with van der Waals surface area (Å²) < 4.78 is 6.57. The van der Waals surface area contributed by atoms with Gasteiger partial charge in [0.2, 0.25) is 0 Å². The SMILES string of the molecule is CC1CCCC12CCC1CC2(C)OC1(C)C. The van der Waals surface area contributed by atoms with Crippen molar-refractivity contribution in [2.75, 3.05) is 0 Å². The van der Waals surface area contributed by atoms with Crippen LogP contribution in [0.15, 0.2) is 0 Å². The van der Waals surface area contributed by atoms with E-state index in [2.05, 4.69) is 27.7 Å². The van der Waals surface area contributed by atoms with Gasteiger partial charge in [-0.3, -0.25) is 0 Å². The van der Waals surface area contributed by atoms with Gasteiger partial charge in [-0.1, -0.05) is 19.8 Å². The molecular weight excluding hydrogens is 196 g/mol. The molecule has 0 N–H and O–H groups in total. The van der Waals surface area contributed by atoms with Gasteiger partial charge in [-0.2, -0.15) is 0 Å². The summed E-state index contributed by atoms with van der Waals surface area (Å²) >= 11 is 0. The summed E-state index contributed by atoms with van der Waals surface area (Å²) in [6.45, 7) is 9.49. The molecule has 3 aliphatic rings. The molecule has 16 heavy (non-hydrogen) atoms. The van der Waals surface area contributed by atoms with Crippen LogP contribution in [0.2, 0.25) is 0 Å². The maximum Gasteiger partial charge on any atom is 0.0724 e. The summed E-state index contributed by atoms with van der Waals surface area (Å²) in [5.41, 5.74) is 0.813. The van der Waals surface area contributed by atoms with E-state index in [4.69, 9.17) is 4.74 Å². The second-order valence-electron chi connectivity index (χ2n) is 7.33. The average molecular weight is 222 g/mol. The van der Waals surface area contributed by atoms with E-state index in [9.17, 15) is 0 Å². The summed E-state index contributed by atoms with van der Waals surface area (Å²) in [7, 11) is 0. The van der Waals surface area contributed by atoms with Gasteiger partial charge >= 0.3 is 0 Å². The summed E-state index contributed by atoms with van der Waals surface area (Å²) in [5.74, 6) is 1.67. The first-order chi connectivity index (χ1) is 7.40. The summed E-state index contributed by atoms with van der Waals surface area (Å²) in [4.78, 5) is 0. The summed E-state index contributed by atoms with van der Waals surface area (Å²) in [6, 6.07) is 0. The molecule has 1 spiro atoms. The van der Waals surface area contributed by atoms with Crippen molar-refractivity contribution in [1.29, 1.82) is 0 Å². The molecule has 2 saturated carbocycles. The van der Waals surface area contributed by atoms with Crippen LogP contribution in [0, 0.1) is 17.3 Å². The van der Waals surface area contributed by atoms with Gasteiger partial charge in [-0.15, -0.1) is 0 Å². The van der Waals surface area contributed by atoms with Crippen LogP contribution >= 0.6 is 0 Å². The Kier molecular flexibility index (Phi) is 2.11. The van der Waals surface area contributed by atoms with Gasteiger partial charge in [0.15, 0.2) is 0 Å². The van der Waals surface area contributed by atoms with Crippen LogP contribution in [0.3, 0.4) is 0 Å². The van der Waals surface area contributed by atoms with Crippen molar-refractivity contribution in [1.82, 2.24) is 0 Å². The lowest BCUT2D eigenvalue weighted by molar-refractivity contribution is -0.153. The zero-order valence-electron chi connectivity index (χ0n) is 11.3. The van der Waals surface area contributed by atoms with E-state index in [1.807, 2.05) is 0 Å². The number of rotatable bonds is 0. The maximum absolute atomic E-state index is 6.57. The Labute approximate surface area is 99.9 Å². The Bertz CT molecular complexity index is 309. The molecule has 3 fully saturated rings. The molecule has 0 amide bonds. The standard InChI is InChI=1S/C15H26O/c1-11-6-5-8-15(11)9-7-12-10-14(15,4)16-13(12,2)3/h11-12H,5-10H2,1-4H3. The van der Waals surface area contributed by atoms with E-state index in [-0.39, 0.29) is 11.2 Å². The third-order valence-corrected chi connectivity index (χ3v) is 6.30. The van der Waals surface area contributed by atoms with Crippen LogP contribution < -0.4 is 0 Å². The van der Waals surface area contributed by atoms with Crippen molar-refractivity contribution in [2.45, 2.75) is 77.4 Å². The lowest BCUT2D eigenvalue weighted by Crippen LogP contribution is -2.49. The zero-order chi connectivity index (χ0) is 11.6. The minimum atomic E-state index is 0.126. The fourth-order valence-electron chi connectivity index (χ4n) is 5.28.